The Bertz CT molecular complexity index is 1330. The monoisotopic (exact) mass is 483 g/mol. The lowest BCUT2D eigenvalue weighted by Gasteiger charge is -2.29. The van der Waals surface area contributed by atoms with Gasteiger partial charge in [0, 0.05) is 23.8 Å². The summed E-state index contributed by atoms with van der Waals surface area (Å²) in [6.45, 7) is 0.716. The molecule has 0 radical (unpaired) electrons. The van der Waals surface area contributed by atoms with Gasteiger partial charge in [0.2, 0.25) is 10.0 Å². The van der Waals surface area contributed by atoms with Crippen molar-refractivity contribution in [3.8, 4) is 17.5 Å². The maximum Gasteiger partial charge on any atom is 0.404 e. The summed E-state index contributed by atoms with van der Waals surface area (Å²) in [6.07, 6.45) is 0.536. The molecule has 1 atom stereocenters. The van der Waals surface area contributed by atoms with Crippen LogP contribution in [0, 0.1) is 11.3 Å². The van der Waals surface area contributed by atoms with Crippen LogP contribution in [0.5, 0.6) is 0 Å². The third-order valence-electron chi connectivity index (χ3n) is 5.47. The van der Waals surface area contributed by atoms with E-state index in [1.807, 2.05) is 4.57 Å². The molecular formula is C20H17ClF3N5O2S. The summed E-state index contributed by atoms with van der Waals surface area (Å²) in [4.78, 5) is 8.16. The molecule has 1 saturated carbocycles. The van der Waals surface area contributed by atoms with Gasteiger partial charge in [0.1, 0.15) is 22.7 Å². The van der Waals surface area contributed by atoms with Crippen molar-refractivity contribution in [1.29, 1.82) is 5.26 Å². The Morgan fingerprint density at radius 1 is 1.28 bits per heavy atom. The van der Waals surface area contributed by atoms with Crippen molar-refractivity contribution in [2.24, 2.45) is 0 Å². The highest BCUT2D eigenvalue weighted by atomic mass is 35.5. The smallest absolute Gasteiger partial charge is 0.320 e. The fourth-order valence-electron chi connectivity index (χ4n) is 3.57. The molecule has 0 unspecified atom stereocenters. The maximum atomic E-state index is 12.8. The van der Waals surface area contributed by atoms with Crippen LogP contribution in [0.1, 0.15) is 37.8 Å². The van der Waals surface area contributed by atoms with Crippen LogP contribution in [-0.4, -0.2) is 35.2 Å². The molecule has 0 bridgehead atoms. The fraction of sp³-hybridized carbons (Fsp3) is 0.350. The van der Waals surface area contributed by atoms with E-state index in [2.05, 4.69) is 16.0 Å². The van der Waals surface area contributed by atoms with Crippen LogP contribution in [-0.2, 0) is 10.0 Å². The number of pyridine rings is 2. The van der Waals surface area contributed by atoms with E-state index in [1.165, 1.54) is 12.3 Å². The van der Waals surface area contributed by atoms with Crippen molar-refractivity contribution in [1.82, 2.24) is 19.3 Å². The van der Waals surface area contributed by atoms with E-state index in [0.717, 1.165) is 31.5 Å². The average molecular weight is 484 g/mol. The largest absolute Gasteiger partial charge is 0.404 e. The zero-order valence-electron chi connectivity index (χ0n) is 16.7. The molecule has 1 N–H and O–H groups in total. The van der Waals surface area contributed by atoms with Crippen molar-refractivity contribution in [2.45, 2.75) is 49.3 Å². The van der Waals surface area contributed by atoms with E-state index >= 15 is 0 Å². The number of nitriles is 1. The van der Waals surface area contributed by atoms with Gasteiger partial charge < -0.3 is 4.57 Å². The summed E-state index contributed by atoms with van der Waals surface area (Å²) in [5.41, 5.74) is 1.66. The van der Waals surface area contributed by atoms with Crippen LogP contribution < -0.4 is 4.72 Å². The molecule has 0 aromatic carbocycles. The third kappa shape index (κ3) is 3.94. The predicted molar refractivity (Wildman–Crippen MR) is 111 cm³/mol. The number of nitrogens with zero attached hydrogens (tertiary/aromatic N) is 4. The normalized spacial score (nSPS) is 16.0. The van der Waals surface area contributed by atoms with E-state index in [9.17, 15) is 26.9 Å². The van der Waals surface area contributed by atoms with Gasteiger partial charge in [-0.1, -0.05) is 11.6 Å². The van der Waals surface area contributed by atoms with Crippen LogP contribution in [0.25, 0.3) is 22.4 Å². The maximum absolute atomic E-state index is 12.8. The lowest BCUT2D eigenvalue weighted by molar-refractivity contribution is -0.147. The zero-order chi connectivity index (χ0) is 23.3. The highest BCUT2D eigenvalue weighted by molar-refractivity contribution is 7.89. The molecule has 12 heteroatoms. The van der Waals surface area contributed by atoms with Crippen LogP contribution in [0.15, 0.2) is 35.5 Å². The molecule has 0 saturated heterocycles. The van der Waals surface area contributed by atoms with Gasteiger partial charge in [0.15, 0.2) is 0 Å². The van der Waals surface area contributed by atoms with Crippen molar-refractivity contribution < 1.29 is 21.6 Å². The topological polar surface area (TPSA) is 101 Å². The molecule has 0 spiro atoms. The summed E-state index contributed by atoms with van der Waals surface area (Å²) < 4.78 is 66.5. The zero-order valence-corrected chi connectivity index (χ0v) is 18.3. The molecule has 32 heavy (non-hydrogen) atoms. The average Bonchev–Trinajstić information content (AvgIpc) is 2.99. The molecule has 1 aliphatic rings. The molecule has 1 aliphatic carbocycles. The van der Waals surface area contributed by atoms with Gasteiger partial charge in [0.05, 0.1) is 22.0 Å². The summed E-state index contributed by atoms with van der Waals surface area (Å²) in [5, 5.41) is 10.8. The first-order valence-corrected chi connectivity index (χ1v) is 11.5. The van der Waals surface area contributed by atoms with E-state index in [-0.39, 0.29) is 6.04 Å². The fourth-order valence-corrected chi connectivity index (χ4v) is 4.91. The summed E-state index contributed by atoms with van der Waals surface area (Å²) in [5.74, 6) is 0. The molecule has 0 amide bonds. The molecule has 3 aromatic rings. The molecule has 1 fully saturated rings. The Morgan fingerprint density at radius 3 is 2.53 bits per heavy atom. The van der Waals surface area contributed by atoms with Gasteiger partial charge in [-0.25, -0.2) is 13.4 Å². The first kappa shape index (κ1) is 22.5. The molecule has 168 valence electrons. The number of fused-ring (bicyclic) bond motifs is 1. The molecule has 3 heterocycles. The lowest BCUT2D eigenvalue weighted by atomic mass is 9.92. The van der Waals surface area contributed by atoms with Gasteiger partial charge >= 0.3 is 6.18 Å². The van der Waals surface area contributed by atoms with Crippen LogP contribution in [0.4, 0.5) is 13.2 Å². The minimum atomic E-state index is -4.72. The van der Waals surface area contributed by atoms with E-state index in [1.54, 1.807) is 10.8 Å². The molecular weight excluding hydrogens is 467 g/mol. The van der Waals surface area contributed by atoms with Crippen molar-refractivity contribution in [3.05, 3.63) is 41.2 Å². The van der Waals surface area contributed by atoms with Crippen molar-refractivity contribution >= 4 is 32.7 Å². The quantitative estimate of drug-likeness (QED) is 0.572. The van der Waals surface area contributed by atoms with Crippen LogP contribution in [0.3, 0.4) is 0 Å². The first-order valence-electron chi connectivity index (χ1n) is 9.68. The van der Waals surface area contributed by atoms with Gasteiger partial charge in [-0.15, -0.1) is 0 Å². The molecule has 7 nitrogen and oxygen atoms in total. The van der Waals surface area contributed by atoms with Gasteiger partial charge in [0.25, 0.3) is 0 Å². The second-order valence-corrected chi connectivity index (χ2v) is 9.73. The van der Waals surface area contributed by atoms with E-state index < -0.39 is 27.1 Å². The number of aromatic nitrogens is 3. The summed E-state index contributed by atoms with van der Waals surface area (Å²) >= 11 is 6.08. The highest BCUT2D eigenvalue weighted by Crippen LogP contribution is 2.41. The third-order valence-corrected chi connectivity index (χ3v) is 7.21. The second-order valence-electron chi connectivity index (χ2n) is 7.58. The minimum absolute atomic E-state index is 0.0998. The Labute approximate surface area is 186 Å². The number of hydrogen-bond acceptors (Lipinski definition) is 5. The van der Waals surface area contributed by atoms with E-state index in [0.29, 0.717) is 39.9 Å². The number of halogens is 4. The first-order chi connectivity index (χ1) is 15.0. The van der Waals surface area contributed by atoms with Gasteiger partial charge in [-0.2, -0.15) is 23.2 Å². The number of hydrogen-bond donors (Lipinski definition) is 1. The number of nitrogens with one attached hydrogen (secondary N) is 1. The Kier molecular flexibility index (Phi) is 5.65. The van der Waals surface area contributed by atoms with Crippen LogP contribution >= 0.6 is 11.6 Å². The summed E-state index contributed by atoms with van der Waals surface area (Å²) in [7, 11) is -4.44. The predicted octanol–water partition coefficient (Wildman–Crippen LogP) is 4.58. The molecule has 4 rings (SSSR count). The number of sulfonamides is 1. The Morgan fingerprint density at radius 2 is 2.00 bits per heavy atom. The molecule has 3 aromatic heterocycles. The Hall–Kier alpha value is -2.68. The lowest BCUT2D eigenvalue weighted by Crippen LogP contribution is -2.42. The van der Waals surface area contributed by atoms with Crippen molar-refractivity contribution in [2.75, 3.05) is 0 Å². The van der Waals surface area contributed by atoms with Crippen molar-refractivity contribution in [3.63, 3.8) is 0 Å². The summed E-state index contributed by atoms with van der Waals surface area (Å²) in [6, 6.07) is 4.18. The second kappa shape index (κ2) is 8.03. The number of alkyl halides is 3. The molecule has 0 aliphatic heterocycles. The standard InChI is InChI=1S/C20H17ClF3N5O2S/c1-11(20(22,23)24)28-32(30,31)14-5-6-17(26-10-14)18-16(8-25)15-7-12(21)9-27-19(15)29(18)13-3-2-4-13/h5-7,9-11,13,28H,2-4H2,1H3/t11-/m0/s1. The minimum Gasteiger partial charge on any atom is -0.320 e. The number of rotatable bonds is 5. The SMILES string of the molecule is C[C@H](NS(=O)(=O)c1ccc(-c2c(C#N)c3cc(Cl)cnc3n2C2CCC2)nc1)C(F)(F)F. The van der Waals surface area contributed by atoms with Gasteiger partial charge in [-0.05, 0) is 44.4 Å². The van der Waals surface area contributed by atoms with E-state index in [4.69, 9.17) is 11.6 Å². The Balaban J connectivity index is 1.80. The van der Waals surface area contributed by atoms with Crippen LogP contribution in [0.2, 0.25) is 5.02 Å². The highest BCUT2D eigenvalue weighted by Gasteiger charge is 2.39. The van der Waals surface area contributed by atoms with Gasteiger partial charge in [-0.3, -0.25) is 4.98 Å².